The molecule has 304 valence electrons. The lowest BCUT2D eigenvalue weighted by atomic mass is 9.70. The van der Waals surface area contributed by atoms with Crippen LogP contribution in [0.3, 0.4) is 0 Å². The Labute approximate surface area is 328 Å². The first-order valence-corrected chi connectivity index (χ1v) is 24.6. The zero-order valence-corrected chi connectivity index (χ0v) is 35.4. The van der Waals surface area contributed by atoms with Gasteiger partial charge in [0.15, 0.2) is 5.75 Å². The highest BCUT2D eigenvalue weighted by Gasteiger charge is 2.66. The number of unbranched alkanes of at least 4 members (excludes halogenated alkanes) is 5. The molecule has 4 aliphatic carbocycles. The monoisotopic (exact) mass is 818 g/mol. The van der Waals surface area contributed by atoms with Crippen LogP contribution in [0.1, 0.15) is 124 Å². The number of fused-ring (bicyclic) bond motifs is 4. The lowest BCUT2D eigenvalue weighted by Gasteiger charge is -2.36. The summed E-state index contributed by atoms with van der Waals surface area (Å²) in [7, 11) is -12.4. The van der Waals surface area contributed by atoms with E-state index in [2.05, 4.69) is 0 Å². The summed E-state index contributed by atoms with van der Waals surface area (Å²) in [5, 5.41) is 0. The highest BCUT2D eigenvalue weighted by molar-refractivity contribution is 7.91. The maximum Gasteiger partial charge on any atom is 0.310 e. The number of carbonyl (C=O) groups is 2. The Morgan fingerprint density at radius 1 is 0.673 bits per heavy atom. The molecule has 4 aliphatic rings. The van der Waals surface area contributed by atoms with E-state index in [1.54, 1.807) is 37.3 Å². The molecule has 4 bridgehead atoms. The van der Waals surface area contributed by atoms with E-state index in [1.165, 1.54) is 18.2 Å². The van der Waals surface area contributed by atoms with Gasteiger partial charge in [-0.25, -0.2) is 8.42 Å². The first kappa shape index (κ1) is 42.0. The van der Waals surface area contributed by atoms with Crippen molar-refractivity contribution in [2.24, 2.45) is 33.5 Å². The van der Waals surface area contributed by atoms with E-state index in [0.717, 1.165) is 44.9 Å². The first-order valence-electron chi connectivity index (χ1n) is 20.0. The summed E-state index contributed by atoms with van der Waals surface area (Å²) in [4.78, 5) is 25.8. The van der Waals surface area contributed by atoms with Crippen LogP contribution in [0.15, 0.2) is 58.3 Å². The lowest BCUT2D eigenvalue weighted by molar-refractivity contribution is -0.128. The number of Topliss-reactive ketones (excluding diaryl/α,β-unsaturated/α-hetero) is 2. The number of sulfone groups is 1. The van der Waals surface area contributed by atoms with Crippen molar-refractivity contribution in [2.45, 2.75) is 140 Å². The highest BCUT2D eigenvalue weighted by Crippen LogP contribution is 2.65. The van der Waals surface area contributed by atoms with Crippen molar-refractivity contribution in [1.82, 2.24) is 0 Å². The van der Waals surface area contributed by atoms with E-state index in [9.17, 15) is 34.8 Å². The van der Waals surface area contributed by atoms with E-state index in [4.69, 9.17) is 8.37 Å². The van der Waals surface area contributed by atoms with Gasteiger partial charge < -0.3 is 4.18 Å². The molecular weight excluding hydrogens is 761 g/mol. The van der Waals surface area contributed by atoms with Crippen LogP contribution in [0.2, 0.25) is 0 Å². The molecule has 10 nitrogen and oxygen atoms in total. The minimum absolute atomic E-state index is 0.0237. The van der Waals surface area contributed by atoms with Gasteiger partial charge in [0.2, 0.25) is 9.84 Å². The van der Waals surface area contributed by atoms with E-state index < -0.39 is 58.2 Å². The number of hydrogen-bond donors (Lipinski definition) is 0. The molecule has 0 aromatic heterocycles. The van der Waals surface area contributed by atoms with Crippen LogP contribution in [-0.4, -0.2) is 54.4 Å². The van der Waals surface area contributed by atoms with E-state index in [1.807, 2.05) is 27.7 Å². The van der Waals surface area contributed by atoms with Gasteiger partial charge in [0, 0.05) is 12.8 Å². The van der Waals surface area contributed by atoms with Crippen LogP contribution in [0.5, 0.6) is 5.75 Å². The molecule has 13 heteroatoms. The van der Waals surface area contributed by atoms with Gasteiger partial charge in [0.1, 0.15) is 16.5 Å². The Morgan fingerprint density at radius 2 is 1.20 bits per heavy atom. The standard InChI is InChI=1S/C42H58O10S3/c1-30(51-53(45,46)28-41-24-22-32(26-36(41)43)39(41,2)3)16-11-8-6-7-9-12-17-31-18-15-21-35(55(49,50)34-19-13-10-14-20-34)38(31)52-54(47,48)29-42-25-23-33(27-37(42)44)40(42,4)5/h10,13-15,18-21,30,32-33H,6-9,11-12,16-17,22-29H2,1-5H3/t30-,32-,33-,41-,42-/m1/s1. The Balaban J connectivity index is 1.04. The van der Waals surface area contributed by atoms with Gasteiger partial charge in [-0.2, -0.15) is 16.8 Å². The molecule has 2 aromatic rings. The zero-order valence-electron chi connectivity index (χ0n) is 33.0. The van der Waals surface area contributed by atoms with Gasteiger partial charge >= 0.3 is 10.1 Å². The third-order valence-corrected chi connectivity index (χ3v) is 18.9. The molecule has 0 heterocycles. The van der Waals surface area contributed by atoms with Crippen LogP contribution in [-0.2, 0) is 50.3 Å². The quantitative estimate of drug-likeness (QED) is 0.101. The smallest absolute Gasteiger partial charge is 0.310 e. The Morgan fingerprint density at radius 3 is 1.73 bits per heavy atom. The molecule has 0 spiro atoms. The first-order chi connectivity index (χ1) is 25.7. The fraction of sp³-hybridized carbons (Fsp3) is 0.667. The number of ketones is 2. The average Bonchev–Trinajstić information content (AvgIpc) is 3.63. The SMILES string of the molecule is C[C@H](CCCCCCCCc1cccc(S(=O)(=O)c2ccccc2)c1OS(=O)(=O)C[C@]12CC[C@H](CC1=O)C2(C)C)OS(=O)(=O)C[C@]12CC[C@H](CC1=O)C2(C)C. The summed E-state index contributed by atoms with van der Waals surface area (Å²) < 4.78 is 93.0. The maximum absolute atomic E-state index is 13.9. The van der Waals surface area contributed by atoms with Crippen molar-refractivity contribution in [1.29, 1.82) is 0 Å². The molecule has 55 heavy (non-hydrogen) atoms. The molecule has 2 aromatic carbocycles. The topological polar surface area (TPSA) is 155 Å². The third kappa shape index (κ3) is 7.85. The lowest BCUT2D eigenvalue weighted by Crippen LogP contribution is -2.43. The Hall–Kier alpha value is -2.61. The second-order valence-corrected chi connectivity index (χ2v) is 23.0. The summed E-state index contributed by atoms with van der Waals surface area (Å²) in [5.74, 6) is -0.585. The van der Waals surface area contributed by atoms with Crippen molar-refractivity contribution < 1.29 is 43.2 Å². The molecular formula is C42H58O10S3. The largest absolute Gasteiger partial charge is 0.381 e. The van der Waals surface area contributed by atoms with Crippen molar-refractivity contribution in [3.63, 3.8) is 0 Å². The second-order valence-electron chi connectivity index (χ2n) is 17.9. The van der Waals surface area contributed by atoms with Crippen LogP contribution >= 0.6 is 0 Å². The average molecular weight is 819 g/mol. The van der Waals surface area contributed by atoms with Gasteiger partial charge in [0.25, 0.3) is 10.1 Å². The second kappa shape index (κ2) is 15.3. The predicted molar refractivity (Wildman–Crippen MR) is 210 cm³/mol. The van der Waals surface area contributed by atoms with E-state index in [0.29, 0.717) is 50.5 Å². The molecule has 0 amide bonds. The molecule has 0 aliphatic heterocycles. The van der Waals surface area contributed by atoms with Crippen LogP contribution in [0.4, 0.5) is 0 Å². The fourth-order valence-electron chi connectivity index (χ4n) is 10.6. The van der Waals surface area contributed by atoms with E-state index >= 15 is 0 Å². The zero-order chi connectivity index (χ0) is 40.1. The summed E-state index contributed by atoms with van der Waals surface area (Å²) in [6, 6.07) is 12.5. The van der Waals surface area contributed by atoms with Crippen molar-refractivity contribution in [3.05, 3.63) is 54.1 Å². The van der Waals surface area contributed by atoms with Gasteiger partial charge in [-0.15, -0.1) is 0 Å². The van der Waals surface area contributed by atoms with Gasteiger partial charge in [-0.1, -0.05) is 90.1 Å². The Kier molecular flexibility index (Phi) is 11.7. The number of para-hydroxylation sites is 1. The van der Waals surface area contributed by atoms with Crippen molar-refractivity contribution in [2.75, 3.05) is 11.5 Å². The predicted octanol–water partition coefficient (Wildman–Crippen LogP) is 8.03. The van der Waals surface area contributed by atoms with E-state index in [-0.39, 0.29) is 50.1 Å². The molecule has 4 saturated carbocycles. The summed E-state index contributed by atoms with van der Waals surface area (Å²) in [6.45, 7) is 9.70. The van der Waals surface area contributed by atoms with Crippen LogP contribution in [0, 0.1) is 33.5 Å². The molecule has 5 atom stereocenters. The summed E-state index contributed by atoms with van der Waals surface area (Å²) in [6.07, 6.45) is 8.94. The number of benzene rings is 2. The normalized spacial score (nSPS) is 27.5. The van der Waals surface area contributed by atoms with Crippen LogP contribution < -0.4 is 4.18 Å². The van der Waals surface area contributed by atoms with Crippen molar-refractivity contribution in [3.8, 4) is 5.75 Å². The minimum atomic E-state index is -4.38. The fourth-order valence-corrected chi connectivity index (χ4v) is 15.8. The number of carbonyl (C=O) groups excluding carboxylic acids is 2. The Bertz CT molecular complexity index is 2110. The number of hydrogen-bond acceptors (Lipinski definition) is 10. The molecule has 0 radical (unpaired) electrons. The summed E-state index contributed by atoms with van der Waals surface area (Å²) in [5.41, 5.74) is -2.28. The molecule has 4 fully saturated rings. The summed E-state index contributed by atoms with van der Waals surface area (Å²) >= 11 is 0. The molecule has 0 N–H and O–H groups in total. The van der Waals surface area contributed by atoms with Crippen LogP contribution in [0.25, 0.3) is 0 Å². The van der Waals surface area contributed by atoms with Crippen molar-refractivity contribution >= 4 is 41.6 Å². The minimum Gasteiger partial charge on any atom is -0.381 e. The maximum atomic E-state index is 13.9. The third-order valence-electron chi connectivity index (χ3n) is 14.4. The number of rotatable bonds is 19. The number of aryl methyl sites for hydroxylation is 1. The highest BCUT2D eigenvalue weighted by atomic mass is 32.2. The molecule has 0 saturated heterocycles. The van der Waals surface area contributed by atoms with Gasteiger partial charge in [-0.05, 0) is 98.3 Å². The van der Waals surface area contributed by atoms with Gasteiger partial charge in [-0.3, -0.25) is 13.8 Å². The molecule has 6 rings (SSSR count). The van der Waals surface area contributed by atoms with Gasteiger partial charge in [0.05, 0.1) is 33.3 Å². The molecule has 0 unspecified atom stereocenters.